The minimum absolute atomic E-state index is 0.224. The molecule has 0 aliphatic heterocycles. The fourth-order valence-corrected chi connectivity index (χ4v) is 3.10. The summed E-state index contributed by atoms with van der Waals surface area (Å²) in [5, 5.41) is 25.9. The lowest BCUT2D eigenvalue weighted by molar-refractivity contribution is 0.117. The molecule has 0 saturated carbocycles. The molecule has 2 rings (SSSR count). The van der Waals surface area contributed by atoms with Crippen LogP contribution in [0.25, 0.3) is 0 Å². The molecular formula is C18H20Cl2N2O3. The molecule has 2 aromatic carbocycles. The maximum absolute atomic E-state index is 11.0. The van der Waals surface area contributed by atoms with Crippen LogP contribution < -0.4 is 10.6 Å². The van der Waals surface area contributed by atoms with E-state index < -0.39 is 18.2 Å². The van der Waals surface area contributed by atoms with Crippen molar-refractivity contribution in [2.75, 3.05) is 6.54 Å². The smallest absolute Gasteiger partial charge is 0.404 e. The number of rotatable bonds is 8. The first-order valence-corrected chi connectivity index (χ1v) is 8.57. The highest BCUT2D eigenvalue weighted by Gasteiger charge is 2.21. The van der Waals surface area contributed by atoms with Gasteiger partial charge in [0.05, 0.1) is 12.1 Å². The Bertz CT molecular complexity index is 678. The lowest BCUT2D eigenvalue weighted by Crippen LogP contribution is -2.48. The van der Waals surface area contributed by atoms with E-state index in [9.17, 15) is 9.90 Å². The monoisotopic (exact) mass is 382 g/mol. The van der Waals surface area contributed by atoms with E-state index in [0.29, 0.717) is 23.0 Å². The Kier molecular flexibility index (Phi) is 7.52. The highest BCUT2D eigenvalue weighted by atomic mass is 35.5. The van der Waals surface area contributed by atoms with Crippen molar-refractivity contribution in [2.24, 2.45) is 0 Å². The van der Waals surface area contributed by atoms with E-state index in [1.165, 1.54) is 0 Å². The van der Waals surface area contributed by atoms with Gasteiger partial charge in [0, 0.05) is 23.1 Å². The van der Waals surface area contributed by atoms with Crippen molar-refractivity contribution in [1.82, 2.24) is 10.6 Å². The van der Waals surface area contributed by atoms with Crippen molar-refractivity contribution in [3.05, 3.63) is 69.7 Å². The molecule has 0 aliphatic carbocycles. The van der Waals surface area contributed by atoms with E-state index in [4.69, 9.17) is 28.3 Å². The van der Waals surface area contributed by atoms with Gasteiger partial charge in [0.15, 0.2) is 0 Å². The van der Waals surface area contributed by atoms with E-state index in [-0.39, 0.29) is 6.54 Å². The molecule has 0 aromatic heterocycles. The van der Waals surface area contributed by atoms with Crippen LogP contribution in [-0.2, 0) is 13.0 Å². The van der Waals surface area contributed by atoms with Crippen LogP contribution in [0.1, 0.15) is 11.1 Å². The Morgan fingerprint density at radius 1 is 1.04 bits per heavy atom. The molecule has 0 radical (unpaired) electrons. The van der Waals surface area contributed by atoms with Crippen LogP contribution in [-0.4, -0.2) is 35.0 Å². The molecule has 25 heavy (non-hydrogen) atoms. The summed E-state index contributed by atoms with van der Waals surface area (Å²) in [6, 6.07) is 14.0. The molecule has 0 bridgehead atoms. The molecule has 0 spiro atoms. The van der Waals surface area contributed by atoms with Gasteiger partial charge in [-0.1, -0.05) is 53.5 Å². The lowest BCUT2D eigenvalue weighted by Gasteiger charge is -2.23. The average Bonchev–Trinajstić information content (AvgIpc) is 2.54. The lowest BCUT2D eigenvalue weighted by atomic mass is 10.0. The third kappa shape index (κ3) is 6.92. The number of amides is 1. The number of hydrogen-bond acceptors (Lipinski definition) is 3. The zero-order valence-electron chi connectivity index (χ0n) is 13.5. The topological polar surface area (TPSA) is 81.6 Å². The Balaban J connectivity index is 1.92. The Morgan fingerprint density at radius 2 is 1.68 bits per heavy atom. The van der Waals surface area contributed by atoms with Crippen LogP contribution in [0.2, 0.25) is 10.0 Å². The molecule has 7 heteroatoms. The second-order valence-electron chi connectivity index (χ2n) is 5.72. The summed E-state index contributed by atoms with van der Waals surface area (Å²) in [7, 11) is 0. The molecule has 2 unspecified atom stereocenters. The van der Waals surface area contributed by atoms with Crippen LogP contribution in [0.15, 0.2) is 48.5 Å². The van der Waals surface area contributed by atoms with Gasteiger partial charge in [-0.2, -0.15) is 0 Å². The molecule has 1 amide bonds. The minimum atomic E-state index is -1.17. The molecule has 5 nitrogen and oxygen atoms in total. The van der Waals surface area contributed by atoms with Crippen LogP contribution in [0, 0.1) is 0 Å². The number of nitrogens with one attached hydrogen (secondary N) is 2. The number of benzene rings is 2. The van der Waals surface area contributed by atoms with Gasteiger partial charge in [-0.25, -0.2) is 4.79 Å². The first-order chi connectivity index (χ1) is 11.9. The molecule has 2 atom stereocenters. The van der Waals surface area contributed by atoms with Gasteiger partial charge < -0.3 is 20.8 Å². The Morgan fingerprint density at radius 3 is 2.28 bits per heavy atom. The van der Waals surface area contributed by atoms with E-state index >= 15 is 0 Å². The summed E-state index contributed by atoms with van der Waals surface area (Å²) >= 11 is 11.9. The van der Waals surface area contributed by atoms with Gasteiger partial charge in [-0.15, -0.1) is 0 Å². The first-order valence-electron chi connectivity index (χ1n) is 7.81. The predicted molar refractivity (Wildman–Crippen MR) is 99.3 cm³/mol. The molecule has 134 valence electrons. The average molecular weight is 383 g/mol. The number of carboxylic acid groups (broad SMARTS) is 1. The highest BCUT2D eigenvalue weighted by Crippen LogP contribution is 2.18. The summed E-state index contributed by atoms with van der Waals surface area (Å²) in [5.74, 6) is 0. The summed E-state index contributed by atoms with van der Waals surface area (Å²) in [6.45, 7) is 0.685. The van der Waals surface area contributed by atoms with E-state index in [0.717, 1.165) is 11.1 Å². The van der Waals surface area contributed by atoms with Crippen LogP contribution in [0.5, 0.6) is 0 Å². The number of carbonyl (C=O) groups is 1. The molecule has 0 fully saturated rings. The van der Waals surface area contributed by atoms with Crippen molar-refractivity contribution in [3.8, 4) is 0 Å². The summed E-state index contributed by atoms with van der Waals surface area (Å²) < 4.78 is 0. The van der Waals surface area contributed by atoms with Gasteiger partial charge >= 0.3 is 6.09 Å². The summed E-state index contributed by atoms with van der Waals surface area (Å²) in [5.41, 5.74) is 1.83. The second-order valence-corrected chi connectivity index (χ2v) is 6.59. The van der Waals surface area contributed by atoms with Crippen LogP contribution in [0.3, 0.4) is 0 Å². The van der Waals surface area contributed by atoms with Crippen LogP contribution >= 0.6 is 23.2 Å². The largest absolute Gasteiger partial charge is 0.465 e. The fraction of sp³-hybridized carbons (Fsp3) is 0.278. The van der Waals surface area contributed by atoms with Crippen molar-refractivity contribution in [2.45, 2.75) is 25.1 Å². The fourth-order valence-electron chi connectivity index (χ4n) is 2.53. The van der Waals surface area contributed by atoms with Crippen molar-refractivity contribution < 1.29 is 15.0 Å². The third-order valence-corrected chi connectivity index (χ3v) is 4.11. The Hall–Kier alpha value is -1.79. The quantitative estimate of drug-likeness (QED) is 0.564. The molecule has 0 aliphatic rings. The molecule has 0 saturated heterocycles. The molecule has 0 heterocycles. The maximum atomic E-state index is 11.0. The molecular weight excluding hydrogens is 363 g/mol. The first kappa shape index (κ1) is 19.5. The van der Waals surface area contributed by atoms with Gasteiger partial charge in [0.2, 0.25) is 0 Å². The van der Waals surface area contributed by atoms with Gasteiger partial charge in [-0.3, -0.25) is 0 Å². The zero-order chi connectivity index (χ0) is 18.2. The minimum Gasteiger partial charge on any atom is -0.465 e. The second kappa shape index (κ2) is 9.63. The van der Waals surface area contributed by atoms with E-state index in [1.807, 2.05) is 30.3 Å². The van der Waals surface area contributed by atoms with Crippen molar-refractivity contribution >= 4 is 29.3 Å². The van der Waals surface area contributed by atoms with E-state index in [2.05, 4.69) is 10.6 Å². The summed E-state index contributed by atoms with van der Waals surface area (Å²) in [4.78, 5) is 11.0. The zero-order valence-corrected chi connectivity index (χ0v) is 15.0. The number of halogens is 2. The number of aliphatic hydroxyl groups excluding tert-OH is 1. The van der Waals surface area contributed by atoms with Gasteiger partial charge in [0.25, 0.3) is 0 Å². The number of hydrogen-bond donors (Lipinski definition) is 4. The van der Waals surface area contributed by atoms with E-state index in [1.54, 1.807) is 18.2 Å². The van der Waals surface area contributed by atoms with Crippen molar-refractivity contribution in [3.63, 3.8) is 0 Å². The maximum Gasteiger partial charge on any atom is 0.404 e. The molecule has 2 aromatic rings. The SMILES string of the molecule is O=C(O)NC(Cc1ccccc1)C(O)CNCc1cc(Cl)cc(Cl)c1. The number of aliphatic hydroxyl groups is 1. The van der Waals surface area contributed by atoms with Crippen LogP contribution in [0.4, 0.5) is 4.79 Å². The summed E-state index contributed by atoms with van der Waals surface area (Å²) in [6.07, 6.45) is -1.65. The Labute approximate surface area is 156 Å². The van der Waals surface area contributed by atoms with Crippen molar-refractivity contribution in [1.29, 1.82) is 0 Å². The van der Waals surface area contributed by atoms with Gasteiger partial charge in [0.1, 0.15) is 0 Å². The molecule has 4 N–H and O–H groups in total. The normalized spacial score (nSPS) is 13.2. The standard InChI is InChI=1S/C18H20Cl2N2O3/c19-14-6-13(7-15(20)9-14)10-21-11-17(23)16(22-18(24)25)8-12-4-2-1-3-5-12/h1-7,9,16-17,21-23H,8,10-11H2,(H,24,25). The van der Waals surface area contributed by atoms with Gasteiger partial charge in [-0.05, 0) is 35.7 Å². The predicted octanol–water partition coefficient (Wildman–Crippen LogP) is 3.32. The third-order valence-electron chi connectivity index (χ3n) is 3.68. The highest BCUT2D eigenvalue weighted by molar-refractivity contribution is 6.34.